The van der Waals surface area contributed by atoms with Crippen LogP contribution in [0.15, 0.2) is 18.2 Å². The van der Waals surface area contributed by atoms with Crippen LogP contribution in [0.2, 0.25) is 0 Å². The minimum atomic E-state index is -4.63. The lowest BCUT2D eigenvalue weighted by Gasteiger charge is -2.09. The molecule has 2 N–H and O–H groups in total. The molecular formula is C11H9F3O4. The first kappa shape index (κ1) is 14.0. The average Bonchev–Trinajstić information content (AvgIpc) is 2.24. The summed E-state index contributed by atoms with van der Waals surface area (Å²) in [7, 11) is 0. The van der Waals surface area contributed by atoms with Gasteiger partial charge < -0.3 is 10.2 Å². The first-order valence-corrected chi connectivity index (χ1v) is 4.87. The fraction of sp³-hybridized carbons (Fsp3) is 0.273. The molecule has 0 saturated carbocycles. The lowest BCUT2D eigenvalue weighted by molar-refractivity contribution is -0.138. The van der Waals surface area contributed by atoms with E-state index in [4.69, 9.17) is 5.11 Å². The van der Waals surface area contributed by atoms with Crippen LogP contribution in [0.3, 0.4) is 0 Å². The van der Waals surface area contributed by atoms with Gasteiger partial charge in [0.15, 0.2) is 5.78 Å². The van der Waals surface area contributed by atoms with Gasteiger partial charge in [0.1, 0.15) is 5.75 Å². The third-order valence-corrected chi connectivity index (χ3v) is 2.19. The maximum absolute atomic E-state index is 12.4. The van der Waals surface area contributed by atoms with Gasteiger partial charge in [-0.3, -0.25) is 9.59 Å². The molecule has 0 aliphatic carbocycles. The standard InChI is InChI=1S/C11H9F3O4/c12-11(13,14)6-1-2-8(15)7(5-6)9(16)3-4-10(17)18/h1-2,5,15H,3-4H2,(H,17,18). The summed E-state index contributed by atoms with van der Waals surface area (Å²) < 4.78 is 37.2. The zero-order valence-corrected chi connectivity index (χ0v) is 8.99. The van der Waals surface area contributed by atoms with E-state index in [-0.39, 0.29) is 0 Å². The average molecular weight is 262 g/mol. The molecular weight excluding hydrogens is 253 g/mol. The fourth-order valence-corrected chi connectivity index (χ4v) is 1.29. The van der Waals surface area contributed by atoms with Crippen LogP contribution >= 0.6 is 0 Å². The Bertz CT molecular complexity index is 480. The summed E-state index contributed by atoms with van der Waals surface area (Å²) >= 11 is 0. The number of carbonyl (C=O) groups excluding carboxylic acids is 1. The first-order chi connectivity index (χ1) is 8.21. The lowest BCUT2D eigenvalue weighted by atomic mass is 10.0. The Balaban J connectivity index is 3.01. The molecule has 0 atom stereocenters. The van der Waals surface area contributed by atoms with Crippen LogP contribution < -0.4 is 0 Å². The Morgan fingerprint density at radius 3 is 2.28 bits per heavy atom. The van der Waals surface area contributed by atoms with Crippen molar-refractivity contribution in [1.82, 2.24) is 0 Å². The summed E-state index contributed by atoms with van der Waals surface area (Å²) in [6.45, 7) is 0. The summed E-state index contributed by atoms with van der Waals surface area (Å²) in [6.07, 6.45) is -5.60. The Hall–Kier alpha value is -2.05. The van der Waals surface area contributed by atoms with Crippen molar-refractivity contribution in [1.29, 1.82) is 0 Å². The zero-order chi connectivity index (χ0) is 13.9. The number of benzene rings is 1. The molecule has 7 heteroatoms. The summed E-state index contributed by atoms with van der Waals surface area (Å²) in [6, 6.07) is 1.92. The largest absolute Gasteiger partial charge is 0.507 e. The number of hydrogen-bond acceptors (Lipinski definition) is 3. The molecule has 1 aromatic rings. The van der Waals surface area contributed by atoms with E-state index >= 15 is 0 Å². The highest BCUT2D eigenvalue weighted by Gasteiger charge is 2.31. The second-order valence-corrected chi connectivity index (χ2v) is 3.55. The van der Waals surface area contributed by atoms with E-state index < -0.39 is 47.6 Å². The van der Waals surface area contributed by atoms with E-state index in [0.29, 0.717) is 12.1 Å². The maximum Gasteiger partial charge on any atom is 0.416 e. The van der Waals surface area contributed by atoms with E-state index in [2.05, 4.69) is 0 Å². The molecule has 0 spiro atoms. The van der Waals surface area contributed by atoms with Gasteiger partial charge >= 0.3 is 12.1 Å². The monoisotopic (exact) mass is 262 g/mol. The van der Waals surface area contributed by atoms with Crippen molar-refractivity contribution in [2.75, 3.05) is 0 Å². The number of carboxylic acid groups (broad SMARTS) is 1. The van der Waals surface area contributed by atoms with Crippen molar-refractivity contribution in [2.24, 2.45) is 0 Å². The molecule has 0 amide bonds. The fourth-order valence-electron chi connectivity index (χ4n) is 1.29. The van der Waals surface area contributed by atoms with Crippen molar-refractivity contribution in [3.8, 4) is 5.75 Å². The van der Waals surface area contributed by atoms with Gasteiger partial charge in [0.05, 0.1) is 17.5 Å². The topological polar surface area (TPSA) is 74.6 Å². The highest BCUT2D eigenvalue weighted by Crippen LogP contribution is 2.32. The second kappa shape index (κ2) is 5.07. The van der Waals surface area contributed by atoms with E-state index in [9.17, 15) is 27.9 Å². The Kier molecular flexibility index (Phi) is 3.95. The highest BCUT2D eigenvalue weighted by atomic mass is 19.4. The van der Waals surface area contributed by atoms with Gasteiger partial charge in [-0.25, -0.2) is 0 Å². The lowest BCUT2D eigenvalue weighted by Crippen LogP contribution is -2.09. The summed E-state index contributed by atoms with van der Waals surface area (Å²) in [5.74, 6) is -2.69. The summed E-state index contributed by atoms with van der Waals surface area (Å²) in [5.41, 5.74) is -1.59. The molecule has 0 saturated heterocycles. The number of halogens is 3. The third-order valence-electron chi connectivity index (χ3n) is 2.19. The van der Waals surface area contributed by atoms with Crippen LogP contribution in [-0.4, -0.2) is 22.0 Å². The van der Waals surface area contributed by atoms with Gasteiger partial charge in [-0.15, -0.1) is 0 Å². The summed E-state index contributed by atoms with van der Waals surface area (Å²) in [4.78, 5) is 21.7. The van der Waals surface area contributed by atoms with Gasteiger partial charge in [-0.05, 0) is 18.2 Å². The molecule has 0 fully saturated rings. The Labute approximate surface area is 99.7 Å². The van der Waals surface area contributed by atoms with Crippen LogP contribution in [-0.2, 0) is 11.0 Å². The Morgan fingerprint density at radius 2 is 1.78 bits per heavy atom. The van der Waals surface area contributed by atoms with Crippen molar-refractivity contribution in [3.63, 3.8) is 0 Å². The molecule has 0 bridgehead atoms. The first-order valence-electron chi connectivity index (χ1n) is 4.87. The molecule has 0 aliphatic heterocycles. The molecule has 1 rings (SSSR count). The van der Waals surface area contributed by atoms with Gasteiger partial charge in [-0.2, -0.15) is 13.2 Å². The number of alkyl halides is 3. The van der Waals surface area contributed by atoms with Gasteiger partial charge in [0, 0.05) is 6.42 Å². The molecule has 0 aromatic heterocycles. The third kappa shape index (κ3) is 3.47. The minimum absolute atomic E-state index is 0.468. The number of carboxylic acids is 1. The van der Waals surface area contributed by atoms with Crippen molar-refractivity contribution in [2.45, 2.75) is 19.0 Å². The number of carbonyl (C=O) groups is 2. The smallest absolute Gasteiger partial charge is 0.416 e. The van der Waals surface area contributed by atoms with Gasteiger partial charge in [0.25, 0.3) is 0 Å². The number of Topliss-reactive ketones (excluding diaryl/α,β-unsaturated/α-hetero) is 1. The number of hydrogen-bond donors (Lipinski definition) is 2. The SMILES string of the molecule is O=C(O)CCC(=O)c1cc(C(F)(F)F)ccc1O. The predicted molar refractivity (Wildman–Crippen MR) is 54.3 cm³/mol. The van der Waals surface area contributed by atoms with Crippen molar-refractivity contribution in [3.05, 3.63) is 29.3 Å². The van der Waals surface area contributed by atoms with Crippen LogP contribution in [0.5, 0.6) is 5.75 Å². The molecule has 1 aromatic carbocycles. The zero-order valence-electron chi connectivity index (χ0n) is 8.99. The molecule has 0 unspecified atom stereocenters. The number of phenols is 1. The number of aliphatic carboxylic acids is 1. The number of rotatable bonds is 4. The molecule has 0 heterocycles. The number of aromatic hydroxyl groups is 1. The molecule has 98 valence electrons. The highest BCUT2D eigenvalue weighted by molar-refractivity contribution is 5.99. The van der Waals surface area contributed by atoms with E-state index in [0.717, 1.165) is 6.07 Å². The number of ketones is 1. The minimum Gasteiger partial charge on any atom is -0.507 e. The summed E-state index contributed by atoms with van der Waals surface area (Å²) in [5, 5.41) is 17.7. The molecule has 0 aliphatic rings. The van der Waals surface area contributed by atoms with Gasteiger partial charge in [-0.1, -0.05) is 0 Å². The van der Waals surface area contributed by atoms with Crippen LogP contribution in [0.25, 0.3) is 0 Å². The van der Waals surface area contributed by atoms with Crippen LogP contribution in [0.1, 0.15) is 28.8 Å². The molecule has 4 nitrogen and oxygen atoms in total. The second-order valence-electron chi connectivity index (χ2n) is 3.55. The number of phenolic OH excluding ortho intramolecular Hbond substituents is 1. The maximum atomic E-state index is 12.4. The van der Waals surface area contributed by atoms with Crippen molar-refractivity contribution >= 4 is 11.8 Å². The van der Waals surface area contributed by atoms with Crippen LogP contribution in [0.4, 0.5) is 13.2 Å². The van der Waals surface area contributed by atoms with Crippen LogP contribution in [0, 0.1) is 0 Å². The normalized spacial score (nSPS) is 11.3. The predicted octanol–water partition coefficient (Wildman–Crippen LogP) is 2.46. The molecule has 0 radical (unpaired) electrons. The van der Waals surface area contributed by atoms with Gasteiger partial charge in [0.2, 0.25) is 0 Å². The van der Waals surface area contributed by atoms with E-state index in [1.807, 2.05) is 0 Å². The van der Waals surface area contributed by atoms with E-state index in [1.165, 1.54) is 0 Å². The quantitative estimate of drug-likeness (QED) is 0.817. The molecule has 18 heavy (non-hydrogen) atoms. The van der Waals surface area contributed by atoms with E-state index in [1.54, 1.807) is 0 Å². The van der Waals surface area contributed by atoms with Crippen molar-refractivity contribution < 1.29 is 33.0 Å². The Morgan fingerprint density at radius 1 is 1.17 bits per heavy atom.